The molecule has 2 N–H and O–H groups in total. The van der Waals surface area contributed by atoms with E-state index in [1.807, 2.05) is 13.0 Å². The second-order valence-electron chi connectivity index (χ2n) is 4.89. The Bertz CT molecular complexity index is 701. The number of carbonyl (C=O) groups excluding carboxylic acids is 1. The Morgan fingerprint density at radius 2 is 2.00 bits per heavy atom. The highest BCUT2D eigenvalue weighted by atomic mass is 16.5. The third-order valence-electron chi connectivity index (χ3n) is 3.24. The van der Waals surface area contributed by atoms with E-state index in [9.17, 15) is 9.90 Å². The molecule has 0 aliphatic rings. The zero-order valence-electron chi connectivity index (χ0n) is 13.6. The molecule has 1 amide bonds. The maximum atomic E-state index is 11.9. The second-order valence-corrected chi connectivity index (χ2v) is 4.89. The van der Waals surface area contributed by atoms with E-state index in [1.165, 1.54) is 6.21 Å². The van der Waals surface area contributed by atoms with Crippen LogP contribution in [0.3, 0.4) is 0 Å². The van der Waals surface area contributed by atoms with E-state index in [4.69, 9.17) is 9.47 Å². The molecule has 6 nitrogen and oxygen atoms in total. The normalized spacial score (nSPS) is 12.0. The van der Waals surface area contributed by atoms with E-state index in [1.54, 1.807) is 49.6 Å². The van der Waals surface area contributed by atoms with E-state index >= 15 is 0 Å². The second kappa shape index (κ2) is 8.69. The molecule has 0 bridgehead atoms. The van der Waals surface area contributed by atoms with Gasteiger partial charge in [0, 0.05) is 0 Å². The fourth-order valence-corrected chi connectivity index (χ4v) is 2.06. The van der Waals surface area contributed by atoms with Gasteiger partial charge in [-0.3, -0.25) is 4.79 Å². The molecule has 0 spiro atoms. The summed E-state index contributed by atoms with van der Waals surface area (Å²) in [6.45, 7) is 2.43. The van der Waals surface area contributed by atoms with Gasteiger partial charge in [-0.1, -0.05) is 30.3 Å². The predicted molar refractivity (Wildman–Crippen MR) is 91.3 cm³/mol. The lowest BCUT2D eigenvalue weighted by atomic mass is 10.1. The first-order chi connectivity index (χ1) is 11.7. The van der Waals surface area contributed by atoms with Gasteiger partial charge in [0.15, 0.2) is 17.6 Å². The zero-order chi connectivity index (χ0) is 17.4. The van der Waals surface area contributed by atoms with Gasteiger partial charge in [-0.2, -0.15) is 5.10 Å². The van der Waals surface area contributed by atoms with Crippen LogP contribution in [0, 0.1) is 0 Å². The Kier molecular flexibility index (Phi) is 6.33. The molecule has 0 fully saturated rings. The first-order valence-corrected chi connectivity index (χ1v) is 7.52. The van der Waals surface area contributed by atoms with E-state index < -0.39 is 12.0 Å². The first kappa shape index (κ1) is 17.5. The van der Waals surface area contributed by atoms with Gasteiger partial charge < -0.3 is 14.6 Å². The molecule has 126 valence electrons. The van der Waals surface area contributed by atoms with Crippen molar-refractivity contribution in [3.8, 4) is 11.5 Å². The fourth-order valence-electron chi connectivity index (χ4n) is 2.06. The molecule has 24 heavy (non-hydrogen) atoms. The van der Waals surface area contributed by atoms with Gasteiger partial charge in [-0.15, -0.1) is 0 Å². The van der Waals surface area contributed by atoms with E-state index in [2.05, 4.69) is 10.5 Å². The zero-order valence-corrected chi connectivity index (χ0v) is 13.6. The fraction of sp³-hybridized carbons (Fsp3) is 0.222. The summed E-state index contributed by atoms with van der Waals surface area (Å²) >= 11 is 0. The molecule has 2 aromatic rings. The number of aliphatic hydroxyl groups excluding tert-OH is 1. The minimum Gasteiger partial charge on any atom is -0.493 e. The number of hydrogen-bond donors (Lipinski definition) is 2. The lowest BCUT2D eigenvalue weighted by Gasteiger charge is -2.10. The minimum absolute atomic E-state index is 0.507. The number of carbonyl (C=O) groups is 1. The number of nitrogens with zero attached hydrogens (tertiary/aromatic N) is 1. The molecular weight excluding hydrogens is 308 g/mol. The van der Waals surface area contributed by atoms with Crippen molar-refractivity contribution in [1.29, 1.82) is 0 Å². The van der Waals surface area contributed by atoms with Crippen LogP contribution in [0.4, 0.5) is 0 Å². The molecule has 0 radical (unpaired) electrons. The summed E-state index contributed by atoms with van der Waals surface area (Å²) in [5, 5.41) is 13.8. The van der Waals surface area contributed by atoms with Gasteiger partial charge >= 0.3 is 0 Å². The number of aliphatic hydroxyl groups is 1. The largest absolute Gasteiger partial charge is 0.493 e. The van der Waals surface area contributed by atoms with Crippen molar-refractivity contribution in [2.75, 3.05) is 13.7 Å². The minimum atomic E-state index is -1.27. The summed E-state index contributed by atoms with van der Waals surface area (Å²) in [7, 11) is 1.55. The third-order valence-corrected chi connectivity index (χ3v) is 3.24. The average Bonchev–Trinajstić information content (AvgIpc) is 2.63. The summed E-state index contributed by atoms with van der Waals surface area (Å²) in [6, 6.07) is 14.0. The van der Waals surface area contributed by atoms with Crippen molar-refractivity contribution >= 4 is 12.1 Å². The van der Waals surface area contributed by atoms with Crippen LogP contribution < -0.4 is 14.9 Å². The number of hydrogen-bond acceptors (Lipinski definition) is 5. The summed E-state index contributed by atoms with van der Waals surface area (Å²) < 4.78 is 10.7. The number of amides is 1. The van der Waals surface area contributed by atoms with Gasteiger partial charge in [0.1, 0.15) is 0 Å². The van der Waals surface area contributed by atoms with Crippen molar-refractivity contribution < 1.29 is 19.4 Å². The van der Waals surface area contributed by atoms with E-state index in [0.717, 1.165) is 5.56 Å². The molecule has 0 saturated heterocycles. The van der Waals surface area contributed by atoms with Crippen LogP contribution in [-0.2, 0) is 4.79 Å². The van der Waals surface area contributed by atoms with Gasteiger partial charge in [0.05, 0.1) is 19.9 Å². The van der Waals surface area contributed by atoms with Gasteiger partial charge in [0.25, 0.3) is 5.91 Å². The number of rotatable bonds is 7. The number of hydrazone groups is 1. The topological polar surface area (TPSA) is 80.2 Å². The van der Waals surface area contributed by atoms with Crippen molar-refractivity contribution in [3.63, 3.8) is 0 Å². The number of nitrogens with one attached hydrogen (secondary N) is 1. The lowest BCUT2D eigenvalue weighted by molar-refractivity contribution is -0.129. The van der Waals surface area contributed by atoms with Crippen LogP contribution in [0.25, 0.3) is 0 Å². The first-order valence-electron chi connectivity index (χ1n) is 7.52. The monoisotopic (exact) mass is 328 g/mol. The van der Waals surface area contributed by atoms with Gasteiger partial charge in [0.2, 0.25) is 0 Å². The quantitative estimate of drug-likeness (QED) is 0.603. The molecule has 0 aromatic heterocycles. The number of methoxy groups -OCH3 is 1. The maximum absolute atomic E-state index is 11.9. The molecule has 6 heteroatoms. The Morgan fingerprint density at radius 1 is 1.25 bits per heavy atom. The van der Waals surface area contributed by atoms with Crippen molar-refractivity contribution in [1.82, 2.24) is 5.43 Å². The molecule has 0 aliphatic heterocycles. The standard InChI is InChI=1S/C18H20N2O4/c1-3-24-15-10-9-13(11-16(15)23-2)12-19-20-18(22)17(21)14-7-5-4-6-8-14/h4-12,17,21H,3H2,1-2H3,(H,20,22)/b19-12+. The lowest BCUT2D eigenvalue weighted by Crippen LogP contribution is -2.25. The van der Waals surface area contributed by atoms with E-state index in [-0.39, 0.29) is 0 Å². The number of benzene rings is 2. The van der Waals surface area contributed by atoms with Crippen LogP contribution in [0.5, 0.6) is 11.5 Å². The van der Waals surface area contributed by atoms with E-state index in [0.29, 0.717) is 23.7 Å². The molecule has 1 atom stereocenters. The Labute approximate surface area is 140 Å². The summed E-state index contributed by atoms with van der Waals surface area (Å²) in [5.74, 6) is 0.618. The van der Waals surface area contributed by atoms with Crippen molar-refractivity contribution in [3.05, 3.63) is 59.7 Å². The highest BCUT2D eigenvalue weighted by molar-refractivity contribution is 5.85. The van der Waals surface area contributed by atoms with Crippen LogP contribution in [0.1, 0.15) is 24.2 Å². The molecule has 0 aliphatic carbocycles. The summed E-state index contributed by atoms with van der Waals surface area (Å²) in [6.07, 6.45) is 0.201. The Hall–Kier alpha value is -2.86. The number of ether oxygens (including phenoxy) is 2. The third kappa shape index (κ3) is 4.57. The van der Waals surface area contributed by atoms with Crippen molar-refractivity contribution in [2.24, 2.45) is 5.10 Å². The van der Waals surface area contributed by atoms with Crippen LogP contribution in [0.15, 0.2) is 53.6 Å². The molecule has 2 rings (SSSR count). The summed E-state index contributed by atoms with van der Waals surface area (Å²) in [5.41, 5.74) is 3.55. The molecule has 2 aromatic carbocycles. The highest BCUT2D eigenvalue weighted by Crippen LogP contribution is 2.27. The Balaban J connectivity index is 1.99. The molecule has 0 saturated carbocycles. The van der Waals surface area contributed by atoms with Gasteiger partial charge in [-0.05, 0) is 36.2 Å². The molecule has 1 unspecified atom stereocenters. The van der Waals surface area contributed by atoms with Crippen LogP contribution >= 0.6 is 0 Å². The summed E-state index contributed by atoms with van der Waals surface area (Å²) in [4.78, 5) is 11.9. The van der Waals surface area contributed by atoms with Crippen LogP contribution in [-0.4, -0.2) is 30.9 Å². The Morgan fingerprint density at radius 3 is 2.67 bits per heavy atom. The molecular formula is C18H20N2O4. The smallest absolute Gasteiger partial charge is 0.273 e. The predicted octanol–water partition coefficient (Wildman–Crippen LogP) is 2.28. The van der Waals surface area contributed by atoms with Crippen LogP contribution in [0.2, 0.25) is 0 Å². The van der Waals surface area contributed by atoms with Gasteiger partial charge in [-0.25, -0.2) is 5.43 Å². The maximum Gasteiger partial charge on any atom is 0.273 e. The average molecular weight is 328 g/mol. The van der Waals surface area contributed by atoms with Crippen molar-refractivity contribution in [2.45, 2.75) is 13.0 Å². The molecule has 0 heterocycles. The SMILES string of the molecule is CCOc1ccc(/C=N/NC(=O)C(O)c2ccccc2)cc1OC. The highest BCUT2D eigenvalue weighted by Gasteiger charge is 2.15.